The maximum atomic E-state index is 12.4. The number of rotatable bonds is 4. The fourth-order valence-electron chi connectivity index (χ4n) is 2.73. The van der Waals surface area contributed by atoms with Crippen molar-refractivity contribution < 1.29 is 14.3 Å². The average Bonchev–Trinajstić information content (AvgIpc) is 2.52. The molecule has 2 aliphatic rings. The minimum atomic E-state index is -0.249. The van der Waals surface area contributed by atoms with Crippen LogP contribution in [0.25, 0.3) is 0 Å². The number of likely N-dealkylation sites (tertiary alicyclic amines) is 1. The third-order valence-electron chi connectivity index (χ3n) is 3.87. The molecule has 0 saturated carbocycles. The minimum Gasteiger partial charge on any atom is -0.378 e. The monoisotopic (exact) mass is 319 g/mol. The molecule has 0 aromatic rings. The van der Waals surface area contributed by atoms with E-state index < -0.39 is 0 Å². The summed E-state index contributed by atoms with van der Waals surface area (Å²) in [5.41, 5.74) is 0. The molecule has 0 aliphatic carbocycles. The van der Waals surface area contributed by atoms with Crippen LogP contribution in [0.2, 0.25) is 0 Å². The zero-order valence-electron chi connectivity index (χ0n) is 12.6. The Balaban J connectivity index is 0.00000220. The van der Waals surface area contributed by atoms with Gasteiger partial charge >= 0.3 is 0 Å². The molecule has 122 valence electrons. The van der Waals surface area contributed by atoms with Crippen molar-refractivity contribution >= 4 is 24.2 Å². The van der Waals surface area contributed by atoms with E-state index >= 15 is 0 Å². The zero-order valence-corrected chi connectivity index (χ0v) is 13.4. The van der Waals surface area contributed by atoms with Gasteiger partial charge in [-0.1, -0.05) is 6.92 Å². The second-order valence-electron chi connectivity index (χ2n) is 5.50. The number of carbonyl (C=O) groups is 2. The number of hydrogen-bond acceptors (Lipinski definition) is 4. The second-order valence-corrected chi connectivity index (χ2v) is 5.50. The number of amides is 2. The third-order valence-corrected chi connectivity index (χ3v) is 3.87. The van der Waals surface area contributed by atoms with Gasteiger partial charge in [0.1, 0.15) is 6.04 Å². The van der Waals surface area contributed by atoms with E-state index in [1.54, 1.807) is 0 Å². The molecule has 2 atom stereocenters. The van der Waals surface area contributed by atoms with Crippen molar-refractivity contribution in [1.29, 1.82) is 0 Å². The van der Waals surface area contributed by atoms with Gasteiger partial charge in [-0.15, -0.1) is 12.4 Å². The van der Waals surface area contributed by atoms with E-state index in [2.05, 4.69) is 10.6 Å². The number of ether oxygens (including phenoxy) is 1. The van der Waals surface area contributed by atoms with Crippen molar-refractivity contribution in [2.24, 2.45) is 5.92 Å². The largest absolute Gasteiger partial charge is 0.378 e. The highest BCUT2D eigenvalue weighted by molar-refractivity contribution is 5.85. The molecule has 2 unspecified atom stereocenters. The Morgan fingerprint density at radius 3 is 2.90 bits per heavy atom. The van der Waals surface area contributed by atoms with E-state index in [0.717, 1.165) is 25.8 Å². The summed E-state index contributed by atoms with van der Waals surface area (Å²) in [6.07, 6.45) is 2.70. The van der Waals surface area contributed by atoms with Crippen LogP contribution in [0, 0.1) is 5.92 Å². The molecule has 2 amide bonds. The fourth-order valence-corrected chi connectivity index (χ4v) is 2.73. The molecule has 2 heterocycles. The van der Waals surface area contributed by atoms with Gasteiger partial charge in [-0.25, -0.2) is 0 Å². The van der Waals surface area contributed by atoms with Crippen LogP contribution in [0.5, 0.6) is 0 Å². The first-order valence-corrected chi connectivity index (χ1v) is 7.60. The van der Waals surface area contributed by atoms with E-state index in [4.69, 9.17) is 4.74 Å². The first-order valence-electron chi connectivity index (χ1n) is 7.60. The number of carbonyl (C=O) groups excluding carboxylic acids is 2. The number of morpholine rings is 1. The number of halogens is 1. The lowest BCUT2D eigenvalue weighted by Crippen LogP contribution is -2.55. The minimum absolute atomic E-state index is 0. The van der Waals surface area contributed by atoms with E-state index in [1.807, 2.05) is 11.8 Å². The molecule has 6 nitrogen and oxygen atoms in total. The van der Waals surface area contributed by atoms with Crippen molar-refractivity contribution in [1.82, 2.24) is 15.5 Å². The molecule has 2 fully saturated rings. The van der Waals surface area contributed by atoms with Crippen LogP contribution in [0.3, 0.4) is 0 Å². The molecular weight excluding hydrogens is 294 g/mol. The van der Waals surface area contributed by atoms with Crippen molar-refractivity contribution in [3.63, 3.8) is 0 Å². The molecule has 7 heteroatoms. The van der Waals surface area contributed by atoms with Crippen molar-refractivity contribution in [3.8, 4) is 0 Å². The van der Waals surface area contributed by atoms with Crippen LogP contribution < -0.4 is 10.6 Å². The van der Waals surface area contributed by atoms with Crippen molar-refractivity contribution in [2.45, 2.75) is 32.2 Å². The highest BCUT2D eigenvalue weighted by Gasteiger charge is 2.32. The summed E-state index contributed by atoms with van der Waals surface area (Å²) >= 11 is 0. The smallest absolute Gasteiger partial charge is 0.242 e. The van der Waals surface area contributed by atoms with Gasteiger partial charge in [-0.2, -0.15) is 0 Å². The van der Waals surface area contributed by atoms with Gasteiger partial charge in [-0.3, -0.25) is 9.59 Å². The first-order chi connectivity index (χ1) is 9.72. The lowest BCUT2D eigenvalue weighted by Gasteiger charge is -2.35. The summed E-state index contributed by atoms with van der Waals surface area (Å²) in [6, 6.07) is -0.249. The molecule has 0 aromatic carbocycles. The molecule has 2 saturated heterocycles. The molecule has 0 bridgehead atoms. The standard InChI is InChI=1S/C14H25N3O3.ClH/c1-2-5-16-13(18)11-4-3-7-17(9-11)14(19)12-10-20-8-6-15-12;/h11-12,15H,2-10H2,1H3,(H,16,18);1H. The van der Waals surface area contributed by atoms with Crippen molar-refractivity contribution in [2.75, 3.05) is 39.4 Å². The van der Waals surface area contributed by atoms with Gasteiger partial charge in [0.25, 0.3) is 0 Å². The Labute approximate surface area is 132 Å². The molecule has 21 heavy (non-hydrogen) atoms. The molecular formula is C14H26ClN3O3. The predicted molar refractivity (Wildman–Crippen MR) is 82.5 cm³/mol. The highest BCUT2D eigenvalue weighted by atomic mass is 35.5. The Kier molecular flexibility index (Phi) is 8.00. The van der Waals surface area contributed by atoms with Gasteiger partial charge < -0.3 is 20.3 Å². The SMILES string of the molecule is CCCNC(=O)C1CCCN(C(=O)C2COCCN2)C1.Cl. The van der Waals surface area contributed by atoms with E-state index in [-0.39, 0.29) is 36.2 Å². The van der Waals surface area contributed by atoms with Crippen LogP contribution in [-0.4, -0.2) is 62.1 Å². The summed E-state index contributed by atoms with van der Waals surface area (Å²) in [5, 5.41) is 6.10. The summed E-state index contributed by atoms with van der Waals surface area (Å²) < 4.78 is 5.33. The van der Waals surface area contributed by atoms with Gasteiger partial charge in [-0.05, 0) is 19.3 Å². The normalized spacial score (nSPS) is 25.9. The number of nitrogens with zero attached hydrogens (tertiary/aromatic N) is 1. The average molecular weight is 320 g/mol. The maximum Gasteiger partial charge on any atom is 0.242 e. The van der Waals surface area contributed by atoms with Gasteiger partial charge in [0.15, 0.2) is 0 Å². The molecule has 0 aromatic heterocycles. The Bertz CT molecular complexity index is 348. The van der Waals surface area contributed by atoms with E-state index in [9.17, 15) is 9.59 Å². The predicted octanol–water partition coefficient (Wildman–Crippen LogP) is 0.161. The van der Waals surface area contributed by atoms with Crippen LogP contribution in [0.1, 0.15) is 26.2 Å². The van der Waals surface area contributed by atoms with Crippen LogP contribution in [-0.2, 0) is 14.3 Å². The quantitative estimate of drug-likeness (QED) is 0.774. The van der Waals surface area contributed by atoms with Gasteiger partial charge in [0.2, 0.25) is 11.8 Å². The van der Waals surface area contributed by atoms with Gasteiger partial charge in [0.05, 0.1) is 19.1 Å². The maximum absolute atomic E-state index is 12.4. The number of hydrogen-bond donors (Lipinski definition) is 2. The Morgan fingerprint density at radius 1 is 1.43 bits per heavy atom. The Hall–Kier alpha value is -0.850. The lowest BCUT2D eigenvalue weighted by molar-refractivity contribution is -0.140. The molecule has 2 aliphatic heterocycles. The second kappa shape index (κ2) is 9.23. The third kappa shape index (κ3) is 5.13. The summed E-state index contributed by atoms with van der Waals surface area (Å²) in [4.78, 5) is 26.2. The summed E-state index contributed by atoms with van der Waals surface area (Å²) in [5.74, 6) is 0.0821. The topological polar surface area (TPSA) is 70.7 Å². The highest BCUT2D eigenvalue weighted by Crippen LogP contribution is 2.18. The summed E-state index contributed by atoms with van der Waals surface area (Å²) in [7, 11) is 0. The van der Waals surface area contributed by atoms with Gasteiger partial charge in [0, 0.05) is 26.2 Å². The zero-order chi connectivity index (χ0) is 14.4. The molecule has 0 spiro atoms. The number of nitrogens with one attached hydrogen (secondary N) is 2. The van der Waals surface area contributed by atoms with E-state index in [0.29, 0.717) is 32.8 Å². The number of piperidine rings is 1. The fraction of sp³-hybridized carbons (Fsp3) is 0.857. The lowest BCUT2D eigenvalue weighted by atomic mass is 9.96. The Morgan fingerprint density at radius 2 is 2.24 bits per heavy atom. The van der Waals surface area contributed by atoms with Crippen LogP contribution in [0.4, 0.5) is 0 Å². The summed E-state index contributed by atoms with van der Waals surface area (Å²) in [6.45, 7) is 5.83. The molecule has 2 rings (SSSR count). The first kappa shape index (κ1) is 18.2. The van der Waals surface area contributed by atoms with Crippen LogP contribution >= 0.6 is 12.4 Å². The molecule has 0 radical (unpaired) electrons. The van der Waals surface area contributed by atoms with E-state index in [1.165, 1.54) is 0 Å². The van der Waals surface area contributed by atoms with Crippen molar-refractivity contribution in [3.05, 3.63) is 0 Å². The van der Waals surface area contributed by atoms with Crippen LogP contribution in [0.15, 0.2) is 0 Å². The molecule has 2 N–H and O–H groups in total.